The molecule has 53 heavy (non-hydrogen) atoms. The maximum absolute atomic E-state index is 12.3. The van der Waals surface area contributed by atoms with Crippen molar-refractivity contribution in [1.29, 1.82) is 10.5 Å². The van der Waals surface area contributed by atoms with Crippen molar-refractivity contribution in [3.63, 3.8) is 0 Å². The molecule has 0 bridgehead atoms. The fourth-order valence-corrected chi connectivity index (χ4v) is 7.57. The summed E-state index contributed by atoms with van der Waals surface area (Å²) in [6.07, 6.45) is 0. The van der Waals surface area contributed by atoms with Crippen LogP contribution in [0.5, 0.6) is 0 Å². The van der Waals surface area contributed by atoms with Crippen molar-refractivity contribution < 1.29 is 26.8 Å². The average Bonchev–Trinajstić information content (AvgIpc) is 3.17. The van der Waals surface area contributed by atoms with Crippen LogP contribution in [-0.4, -0.2) is 136 Å². The second-order valence-corrected chi connectivity index (χ2v) is 15.4. The van der Waals surface area contributed by atoms with Crippen LogP contribution in [0.15, 0.2) is 58.3 Å². The molecule has 0 saturated carbocycles. The number of rotatable bonds is 17. The number of nitrogens with zero attached hydrogens (tertiary/aromatic N) is 5. The Balaban J connectivity index is 0.000000286. The Hall–Kier alpha value is -3.68. The van der Waals surface area contributed by atoms with Crippen molar-refractivity contribution in [2.75, 3.05) is 123 Å². The Kier molecular flexibility index (Phi) is 19.1. The van der Waals surface area contributed by atoms with Gasteiger partial charge in [-0.3, -0.25) is 4.90 Å². The number of likely N-dealkylation sites (N-methyl/N-ethyl adjacent to an activating group) is 1. The number of allylic oxidation sites excluding steroid dienone is 4. The largest absolute Gasteiger partial charge is 0.384 e. The number of piperazine rings is 1. The summed E-state index contributed by atoms with van der Waals surface area (Å²) in [7, 11) is -0.226. The number of hydrogen-bond donors (Lipinski definition) is 3. The smallest absolute Gasteiger partial charge is 0.251 e. The zero-order valence-electron chi connectivity index (χ0n) is 31.5. The van der Waals surface area contributed by atoms with Gasteiger partial charge in [-0.15, -0.1) is 0 Å². The van der Waals surface area contributed by atoms with E-state index in [1.807, 2.05) is 61.5 Å². The second-order valence-electron chi connectivity index (χ2n) is 12.5. The van der Waals surface area contributed by atoms with Crippen LogP contribution in [0.3, 0.4) is 0 Å². The number of ether oxygens (including phenoxy) is 3. The van der Waals surface area contributed by atoms with Crippen LogP contribution in [0, 0.1) is 22.7 Å². The van der Waals surface area contributed by atoms with E-state index in [2.05, 4.69) is 42.6 Å². The van der Waals surface area contributed by atoms with E-state index >= 15 is 0 Å². The lowest BCUT2D eigenvalue weighted by atomic mass is 10.1. The Morgan fingerprint density at radius 2 is 1.42 bits per heavy atom. The molecule has 2 aromatic rings. The summed E-state index contributed by atoms with van der Waals surface area (Å²) in [6, 6.07) is 19.4. The summed E-state index contributed by atoms with van der Waals surface area (Å²) >= 11 is 0. The number of hydrogen-bond acceptors (Lipinski definition) is 12. The molecular weight excluding hydrogens is 717 g/mol. The molecule has 290 valence electrons. The lowest BCUT2D eigenvalue weighted by Gasteiger charge is -2.34. The lowest BCUT2D eigenvalue weighted by Crippen LogP contribution is -2.44. The van der Waals surface area contributed by atoms with Gasteiger partial charge in [0, 0.05) is 91.0 Å². The highest BCUT2D eigenvalue weighted by atomic mass is 32.2. The Bertz CT molecular complexity index is 1710. The van der Waals surface area contributed by atoms with Crippen molar-refractivity contribution in [2.45, 2.75) is 13.8 Å². The molecule has 2 aliphatic rings. The minimum atomic E-state index is -3.86. The molecule has 0 radical (unpaired) electrons. The first kappa shape index (κ1) is 43.7. The Labute approximate surface area is 318 Å². The SMILES string of the molecule is COCCNS(=O)(=O)/C(C#N)=C(\C)c1ccc(N2CCN(C)CC2)cc1.COCCNS(=O)/C(C#N)=C(\C)c1ccc(NCCN2CCOCC2)cc1. The predicted octanol–water partition coefficient (Wildman–Crippen LogP) is 2.84. The number of morpholine rings is 1. The third-order valence-electron chi connectivity index (χ3n) is 8.82. The molecular formula is C37H54N8O6S2. The molecule has 0 spiro atoms. The molecule has 2 aromatic carbocycles. The van der Waals surface area contributed by atoms with Crippen LogP contribution in [-0.2, 0) is 35.2 Å². The molecule has 4 rings (SSSR count). The third-order valence-corrected chi connectivity index (χ3v) is 11.6. The van der Waals surface area contributed by atoms with Gasteiger partial charge in [0.2, 0.25) is 0 Å². The van der Waals surface area contributed by atoms with E-state index in [0.717, 1.165) is 88.1 Å². The number of nitriles is 2. The van der Waals surface area contributed by atoms with Crippen LogP contribution < -0.4 is 19.7 Å². The molecule has 2 aliphatic heterocycles. The van der Waals surface area contributed by atoms with Crippen molar-refractivity contribution in [3.05, 3.63) is 69.5 Å². The summed E-state index contributed by atoms with van der Waals surface area (Å²) in [5.74, 6) is 0. The minimum Gasteiger partial charge on any atom is -0.384 e. The lowest BCUT2D eigenvalue weighted by molar-refractivity contribution is 0.0398. The molecule has 1 atom stereocenters. The monoisotopic (exact) mass is 770 g/mol. The van der Waals surface area contributed by atoms with Gasteiger partial charge in [0.25, 0.3) is 10.0 Å². The minimum absolute atomic E-state index is 0.125. The van der Waals surface area contributed by atoms with Gasteiger partial charge in [-0.2, -0.15) is 10.5 Å². The van der Waals surface area contributed by atoms with E-state index in [1.54, 1.807) is 14.0 Å². The average molecular weight is 771 g/mol. The van der Waals surface area contributed by atoms with E-state index in [9.17, 15) is 23.2 Å². The van der Waals surface area contributed by atoms with Crippen molar-refractivity contribution in [3.8, 4) is 12.1 Å². The van der Waals surface area contributed by atoms with E-state index in [4.69, 9.17) is 14.2 Å². The third kappa shape index (κ3) is 14.2. The number of nitrogens with one attached hydrogen (secondary N) is 3. The molecule has 1 unspecified atom stereocenters. The standard InChI is InChI=1S/C19H28N4O3S.C18H26N4O3S/c1-16(19(15-20)27(24)22-8-12-25-2)17-3-5-18(6-4-17)21-7-9-23-10-13-26-14-11-23;1-15(18(14-19)26(23,24)20-8-13-25-3)16-4-6-17(7-5-16)22-11-9-21(2)10-12-22/h3-6,21-22H,7-14H2,1-2H3;4-7,20H,8-13H2,1-3H3/b19-16+;18-15+. The maximum atomic E-state index is 12.3. The van der Waals surface area contributed by atoms with Gasteiger partial charge in [0.05, 0.1) is 26.4 Å². The van der Waals surface area contributed by atoms with Gasteiger partial charge in [-0.05, 0) is 67.4 Å². The highest BCUT2D eigenvalue weighted by molar-refractivity contribution is 7.93. The fraction of sp³-hybridized carbons (Fsp3) is 0.514. The summed E-state index contributed by atoms with van der Waals surface area (Å²) in [5.41, 5.74) is 4.87. The molecule has 0 aromatic heterocycles. The number of methoxy groups -OCH3 is 2. The normalized spacial score (nSPS) is 17.0. The van der Waals surface area contributed by atoms with E-state index < -0.39 is 21.0 Å². The van der Waals surface area contributed by atoms with Gasteiger partial charge in [-0.1, -0.05) is 24.3 Å². The molecule has 2 saturated heterocycles. The molecule has 3 N–H and O–H groups in total. The topological polar surface area (TPSA) is 172 Å². The van der Waals surface area contributed by atoms with Gasteiger partial charge in [0.15, 0.2) is 4.91 Å². The van der Waals surface area contributed by atoms with Crippen LogP contribution in [0.1, 0.15) is 25.0 Å². The molecule has 2 fully saturated rings. The second kappa shape index (κ2) is 23.2. The number of anilines is 2. The maximum Gasteiger partial charge on any atom is 0.251 e. The Morgan fingerprint density at radius 1 is 0.830 bits per heavy atom. The predicted molar refractivity (Wildman–Crippen MR) is 212 cm³/mol. The highest BCUT2D eigenvalue weighted by Gasteiger charge is 2.21. The highest BCUT2D eigenvalue weighted by Crippen LogP contribution is 2.25. The summed E-state index contributed by atoms with van der Waals surface area (Å²) in [5, 5.41) is 22.2. The summed E-state index contributed by atoms with van der Waals surface area (Å²) < 4.78 is 57.2. The van der Waals surface area contributed by atoms with Crippen molar-refractivity contribution in [2.24, 2.45) is 0 Å². The van der Waals surface area contributed by atoms with Crippen LogP contribution in [0.2, 0.25) is 0 Å². The van der Waals surface area contributed by atoms with Crippen LogP contribution >= 0.6 is 0 Å². The molecule has 2 heterocycles. The zero-order chi connectivity index (χ0) is 38.6. The Morgan fingerprint density at radius 3 is 2.00 bits per heavy atom. The van der Waals surface area contributed by atoms with E-state index in [-0.39, 0.29) is 23.0 Å². The quantitative estimate of drug-likeness (QED) is 0.159. The first-order chi connectivity index (χ1) is 25.5. The van der Waals surface area contributed by atoms with Crippen LogP contribution in [0.4, 0.5) is 11.4 Å². The summed E-state index contributed by atoms with van der Waals surface area (Å²) in [6.45, 7) is 14.1. The van der Waals surface area contributed by atoms with Crippen molar-refractivity contribution in [1.82, 2.24) is 19.2 Å². The first-order valence-corrected chi connectivity index (χ1v) is 20.2. The van der Waals surface area contributed by atoms with E-state index in [0.29, 0.717) is 24.3 Å². The fourth-order valence-electron chi connectivity index (χ4n) is 5.54. The van der Waals surface area contributed by atoms with Crippen molar-refractivity contribution >= 4 is 43.5 Å². The molecule has 14 nitrogen and oxygen atoms in total. The number of sulfonamides is 1. The first-order valence-electron chi connectivity index (χ1n) is 17.6. The summed E-state index contributed by atoms with van der Waals surface area (Å²) in [4.78, 5) is 6.94. The molecule has 0 aliphatic carbocycles. The zero-order valence-corrected chi connectivity index (χ0v) is 33.2. The van der Waals surface area contributed by atoms with Gasteiger partial charge >= 0.3 is 0 Å². The van der Waals surface area contributed by atoms with E-state index in [1.165, 1.54) is 7.11 Å². The molecule has 16 heteroatoms. The van der Waals surface area contributed by atoms with Crippen LogP contribution in [0.25, 0.3) is 11.1 Å². The van der Waals surface area contributed by atoms with Gasteiger partial charge in [0.1, 0.15) is 28.0 Å². The van der Waals surface area contributed by atoms with Gasteiger partial charge < -0.3 is 29.3 Å². The van der Waals surface area contributed by atoms with Gasteiger partial charge in [-0.25, -0.2) is 22.1 Å². The molecule has 0 amide bonds. The number of benzene rings is 2.